The number of halogens is 5. The molecule has 260 valence electrons. The normalized spacial score (nSPS) is 13.1. The number of ether oxygens (including phenoxy) is 1. The molecule has 0 aliphatic rings. The van der Waals surface area contributed by atoms with E-state index in [-0.39, 0.29) is 46.7 Å². The van der Waals surface area contributed by atoms with E-state index in [1.807, 2.05) is 5.32 Å². The van der Waals surface area contributed by atoms with Crippen LogP contribution in [0.4, 0.5) is 60.4 Å². The lowest BCUT2D eigenvalue weighted by molar-refractivity contribution is -0.137. The Labute approximate surface area is 277 Å². The summed E-state index contributed by atoms with van der Waals surface area (Å²) in [4.78, 5) is 33.2. The summed E-state index contributed by atoms with van der Waals surface area (Å²) in [6, 6.07) is 9.61. The van der Waals surface area contributed by atoms with Crippen LogP contribution in [-0.2, 0) is 20.6 Å². The minimum Gasteiger partial charge on any atom is -0.448 e. The van der Waals surface area contributed by atoms with Crippen molar-refractivity contribution in [2.45, 2.75) is 31.0 Å². The van der Waals surface area contributed by atoms with Gasteiger partial charge in [-0.2, -0.15) is 18.2 Å². The largest absolute Gasteiger partial charge is 0.448 e. The highest BCUT2D eigenvalue weighted by Crippen LogP contribution is 2.33. The number of carbonyl (C=O) groups is 2. The van der Waals surface area contributed by atoms with Crippen molar-refractivity contribution in [2.24, 2.45) is 4.36 Å². The lowest BCUT2D eigenvalue weighted by Crippen LogP contribution is -2.21. The summed E-state index contributed by atoms with van der Waals surface area (Å²) in [5, 5.41) is 19.7. The number of carbonyl (C=O) groups excluding carboxylic acids is 2. The number of aromatic nitrogens is 2. The number of alkyl halides is 3. The van der Waals surface area contributed by atoms with E-state index in [1.54, 1.807) is 26.0 Å². The number of hydrogen-bond acceptors (Lipinski definition) is 9. The van der Waals surface area contributed by atoms with Crippen LogP contribution in [0.2, 0.25) is 0 Å². The van der Waals surface area contributed by atoms with Gasteiger partial charge in [-0.15, -0.1) is 4.36 Å². The van der Waals surface area contributed by atoms with E-state index in [0.717, 1.165) is 6.07 Å². The molecule has 0 fully saturated rings. The van der Waals surface area contributed by atoms with Gasteiger partial charge in [-0.25, -0.2) is 27.6 Å². The Kier molecular flexibility index (Phi) is 11.3. The monoisotopic (exact) mass is 707 g/mol. The molecule has 2 atom stereocenters. The molecule has 1 aromatic heterocycles. The predicted molar refractivity (Wildman–Crippen MR) is 173 cm³/mol. The molecule has 18 heteroatoms. The molecular formula is C31H30F5N7O5S. The Morgan fingerprint density at radius 2 is 1.76 bits per heavy atom. The Morgan fingerprint density at radius 1 is 1.02 bits per heavy atom. The molecule has 1 heterocycles. The van der Waals surface area contributed by atoms with Crippen LogP contribution in [0.1, 0.15) is 19.4 Å². The van der Waals surface area contributed by atoms with Crippen molar-refractivity contribution in [1.82, 2.24) is 9.97 Å². The van der Waals surface area contributed by atoms with E-state index >= 15 is 4.39 Å². The summed E-state index contributed by atoms with van der Waals surface area (Å²) in [5.41, 5.74) is -1.40. The second kappa shape index (κ2) is 15.2. The molecule has 5 N–H and O–H groups in total. The zero-order valence-electron chi connectivity index (χ0n) is 26.1. The summed E-state index contributed by atoms with van der Waals surface area (Å²) >= 11 is 0. The molecule has 0 saturated heterocycles. The first-order valence-corrected chi connectivity index (χ1v) is 16.3. The quantitative estimate of drug-likeness (QED) is 0.107. The van der Waals surface area contributed by atoms with E-state index < -0.39 is 57.0 Å². The first-order valence-electron chi connectivity index (χ1n) is 14.3. The number of aliphatic hydroxyl groups is 1. The topological polar surface area (TPSA) is 167 Å². The summed E-state index contributed by atoms with van der Waals surface area (Å²) in [7, 11) is -3.15. The molecule has 0 bridgehead atoms. The van der Waals surface area contributed by atoms with Gasteiger partial charge in [-0.05, 0) is 67.9 Å². The average Bonchev–Trinajstić information content (AvgIpc) is 3.02. The van der Waals surface area contributed by atoms with Crippen molar-refractivity contribution in [1.29, 1.82) is 0 Å². The van der Waals surface area contributed by atoms with Crippen LogP contribution in [0.15, 0.2) is 76.1 Å². The molecule has 0 aliphatic heterocycles. The number of anilines is 5. The van der Waals surface area contributed by atoms with Crippen LogP contribution in [0.25, 0.3) is 11.1 Å². The maximum absolute atomic E-state index is 15.2. The Morgan fingerprint density at radius 3 is 2.43 bits per heavy atom. The number of hydrogen-bond donors (Lipinski definition) is 5. The molecule has 0 radical (unpaired) electrons. The minimum absolute atomic E-state index is 0.0516. The zero-order chi connectivity index (χ0) is 35.9. The van der Waals surface area contributed by atoms with Crippen LogP contribution in [0.3, 0.4) is 0 Å². The van der Waals surface area contributed by atoms with Crippen molar-refractivity contribution >= 4 is 50.7 Å². The van der Waals surface area contributed by atoms with Gasteiger partial charge in [0, 0.05) is 34.6 Å². The molecule has 12 nitrogen and oxygen atoms in total. The molecule has 49 heavy (non-hydrogen) atoms. The maximum Gasteiger partial charge on any atom is 0.442 e. The SMILES string of the molecule is CCOC(=O)N=S(C)(=O)c1cccc(Nc2ncc(-c3ccc(NC(=O)Nc4cc(C(F)(F)F)ccc4F)c(F)c3)c(N[C@H](C)CO)n2)c1. The maximum atomic E-state index is 15.2. The zero-order valence-corrected chi connectivity index (χ0v) is 26.9. The standard InChI is InChI=1S/C31H30F5N7O5S/c1-4-48-30(46)43-49(3,47)21-7-5-6-20(14-21)39-28-37-15-22(27(42-28)38-17(2)16-44)18-8-11-25(24(33)12-18)40-29(45)41-26-13-19(31(34,35)36)9-10-23(26)32/h5-15,17,44H,4,16H2,1-3H3,(H2,40,41,45)(H2,37,38,39,42)/t17-,49?/m1/s1. The van der Waals surface area contributed by atoms with E-state index in [1.165, 1.54) is 36.7 Å². The van der Waals surface area contributed by atoms with Crippen LogP contribution in [0.5, 0.6) is 0 Å². The second-order valence-electron chi connectivity index (χ2n) is 10.4. The predicted octanol–water partition coefficient (Wildman–Crippen LogP) is 7.23. The molecule has 4 rings (SSSR count). The van der Waals surface area contributed by atoms with Gasteiger partial charge in [0.1, 0.15) is 17.5 Å². The van der Waals surface area contributed by atoms with Gasteiger partial charge in [0.05, 0.1) is 39.9 Å². The minimum atomic E-state index is -4.78. The van der Waals surface area contributed by atoms with Gasteiger partial charge in [0.25, 0.3) is 0 Å². The van der Waals surface area contributed by atoms with Gasteiger partial charge < -0.3 is 31.1 Å². The molecular weight excluding hydrogens is 677 g/mol. The Balaban J connectivity index is 1.57. The third kappa shape index (κ3) is 9.60. The van der Waals surface area contributed by atoms with E-state index in [4.69, 9.17) is 4.74 Å². The first kappa shape index (κ1) is 36.5. The fourth-order valence-electron chi connectivity index (χ4n) is 4.18. The van der Waals surface area contributed by atoms with Gasteiger partial charge in [-0.3, -0.25) is 0 Å². The number of aliphatic hydroxyl groups excluding tert-OH is 1. The van der Waals surface area contributed by atoms with Gasteiger partial charge in [0.15, 0.2) is 0 Å². The fraction of sp³-hybridized carbons (Fsp3) is 0.226. The lowest BCUT2D eigenvalue weighted by Gasteiger charge is -2.17. The summed E-state index contributed by atoms with van der Waals surface area (Å²) in [6.07, 6.45) is -3.10. The number of nitrogens with zero attached hydrogens (tertiary/aromatic N) is 3. The lowest BCUT2D eigenvalue weighted by atomic mass is 10.1. The summed E-state index contributed by atoms with van der Waals surface area (Å²) in [5.74, 6) is -1.86. The highest BCUT2D eigenvalue weighted by Gasteiger charge is 2.31. The highest BCUT2D eigenvalue weighted by atomic mass is 32.2. The van der Waals surface area contributed by atoms with Crippen LogP contribution in [0, 0.1) is 11.6 Å². The molecule has 1 unspecified atom stereocenters. The van der Waals surface area contributed by atoms with Crippen LogP contribution >= 0.6 is 0 Å². The molecule has 0 saturated carbocycles. The van der Waals surface area contributed by atoms with E-state index in [9.17, 15) is 36.5 Å². The fourth-order valence-corrected chi connectivity index (χ4v) is 5.30. The molecule has 0 spiro atoms. The third-order valence-electron chi connectivity index (χ3n) is 6.56. The van der Waals surface area contributed by atoms with E-state index in [0.29, 0.717) is 23.9 Å². The van der Waals surface area contributed by atoms with Crippen molar-refractivity contribution in [3.8, 4) is 11.1 Å². The first-order chi connectivity index (χ1) is 23.1. The van der Waals surface area contributed by atoms with Gasteiger partial charge in [-0.1, -0.05) is 12.1 Å². The van der Waals surface area contributed by atoms with Crippen molar-refractivity contribution in [3.63, 3.8) is 0 Å². The molecule has 3 aromatic carbocycles. The van der Waals surface area contributed by atoms with Crippen molar-refractivity contribution in [2.75, 3.05) is 40.7 Å². The van der Waals surface area contributed by atoms with Gasteiger partial charge in [0.2, 0.25) is 5.95 Å². The smallest absolute Gasteiger partial charge is 0.442 e. The number of rotatable bonds is 10. The van der Waals surface area contributed by atoms with Crippen molar-refractivity contribution in [3.05, 3.63) is 84.1 Å². The summed E-state index contributed by atoms with van der Waals surface area (Å²) in [6.45, 7) is 3.03. The molecule has 4 aromatic rings. The number of nitrogens with one attached hydrogen (secondary N) is 4. The van der Waals surface area contributed by atoms with Crippen LogP contribution in [-0.4, -0.2) is 56.9 Å². The van der Waals surface area contributed by atoms with Crippen molar-refractivity contribution < 1.29 is 45.6 Å². The second-order valence-corrected chi connectivity index (χ2v) is 12.7. The molecule has 0 aliphatic carbocycles. The number of benzene rings is 3. The number of urea groups is 1. The Hall–Kier alpha value is -5.36. The number of amides is 3. The highest BCUT2D eigenvalue weighted by molar-refractivity contribution is 7.93. The van der Waals surface area contributed by atoms with E-state index in [2.05, 4.69) is 30.3 Å². The van der Waals surface area contributed by atoms with Gasteiger partial charge >= 0.3 is 18.3 Å². The average molecular weight is 708 g/mol. The molecule has 3 amide bonds. The summed E-state index contributed by atoms with van der Waals surface area (Å²) < 4.78 is 89.7. The van der Waals surface area contributed by atoms with Crippen LogP contribution < -0.4 is 21.3 Å². The Bertz CT molecular complexity index is 1990. The third-order valence-corrected chi connectivity index (χ3v) is 8.19.